The van der Waals surface area contributed by atoms with Crippen LogP contribution >= 0.6 is 0 Å². The van der Waals surface area contributed by atoms with E-state index in [1.807, 2.05) is 4.98 Å². The summed E-state index contributed by atoms with van der Waals surface area (Å²) in [4.78, 5) is 25.0. The van der Waals surface area contributed by atoms with Gasteiger partial charge < -0.3 is 14.5 Å². The van der Waals surface area contributed by atoms with E-state index in [-0.39, 0.29) is 6.07 Å². The molecule has 6 nitrogen and oxygen atoms in total. The molecule has 2 N–H and O–H groups in total. The molecule has 0 aliphatic rings. The largest absolute Gasteiger partial charge is 0.477 e. The highest BCUT2D eigenvalue weighted by molar-refractivity contribution is 5.87. The predicted octanol–water partition coefficient (Wildman–Crippen LogP) is 5.24. The summed E-state index contributed by atoms with van der Waals surface area (Å²) >= 11 is 0. The number of carboxylic acid groups (broad SMARTS) is 1. The number of benzene rings is 1. The number of carbonyl (C=O) groups is 1. The second-order valence-corrected chi connectivity index (χ2v) is 6.65. The standard InChI is InChI=1S/C18H9F9N2O4/c19-16(20,21)8-1-7(2-9(3-8)17(22,23)24)12-6-33-15(32)29(12)5-10-4-11(18(25,26)27)13(28-10)14(30)31/h1-4,6,28H,5H2,(H,30,31). The topological polar surface area (TPSA) is 88.2 Å². The molecule has 3 rings (SSSR count). The zero-order chi connectivity index (χ0) is 24.9. The van der Waals surface area contributed by atoms with Crippen molar-refractivity contribution in [2.45, 2.75) is 25.1 Å². The number of rotatable bonds is 4. The number of H-pyrrole nitrogens is 1. The van der Waals surface area contributed by atoms with Gasteiger partial charge in [0.1, 0.15) is 12.0 Å². The number of hydrogen-bond donors (Lipinski definition) is 2. The maximum Gasteiger partial charge on any atom is 0.419 e. The number of oxazole rings is 1. The molecule has 0 bridgehead atoms. The van der Waals surface area contributed by atoms with Crippen molar-refractivity contribution in [1.82, 2.24) is 9.55 Å². The van der Waals surface area contributed by atoms with Crippen LogP contribution < -0.4 is 5.76 Å². The summed E-state index contributed by atoms with van der Waals surface area (Å²) < 4.78 is 123. The molecule has 0 atom stereocenters. The van der Waals surface area contributed by atoms with Crippen molar-refractivity contribution in [3.05, 3.63) is 69.2 Å². The minimum absolute atomic E-state index is 0.147. The molecule has 0 unspecified atom stereocenters. The highest BCUT2D eigenvalue weighted by Gasteiger charge is 2.39. The van der Waals surface area contributed by atoms with E-state index in [4.69, 9.17) is 5.11 Å². The third-order valence-corrected chi connectivity index (χ3v) is 4.39. The van der Waals surface area contributed by atoms with Gasteiger partial charge in [-0.05, 0) is 24.3 Å². The van der Waals surface area contributed by atoms with Crippen molar-refractivity contribution in [3.63, 3.8) is 0 Å². The first kappa shape index (κ1) is 24.0. The molecule has 0 aliphatic heterocycles. The van der Waals surface area contributed by atoms with E-state index >= 15 is 0 Å². The van der Waals surface area contributed by atoms with Crippen LogP contribution in [-0.4, -0.2) is 20.6 Å². The molecule has 2 heterocycles. The Labute approximate surface area is 175 Å². The van der Waals surface area contributed by atoms with Crippen molar-refractivity contribution in [1.29, 1.82) is 0 Å². The molecule has 33 heavy (non-hydrogen) atoms. The molecule has 2 aromatic heterocycles. The fourth-order valence-electron chi connectivity index (χ4n) is 2.97. The van der Waals surface area contributed by atoms with Crippen LogP contribution in [0.25, 0.3) is 11.3 Å². The van der Waals surface area contributed by atoms with Crippen LogP contribution in [0.15, 0.2) is 39.7 Å². The summed E-state index contributed by atoms with van der Waals surface area (Å²) in [5, 5.41) is 8.94. The Morgan fingerprint density at radius 3 is 1.88 bits per heavy atom. The number of aromatic carboxylic acids is 1. The van der Waals surface area contributed by atoms with Crippen LogP contribution in [0.3, 0.4) is 0 Å². The van der Waals surface area contributed by atoms with Crippen LogP contribution in [0.2, 0.25) is 0 Å². The minimum atomic E-state index is -5.19. The van der Waals surface area contributed by atoms with Gasteiger partial charge in [0.15, 0.2) is 0 Å². The number of aromatic nitrogens is 2. The molecule has 0 radical (unpaired) electrons. The lowest BCUT2D eigenvalue weighted by Crippen LogP contribution is -2.17. The highest BCUT2D eigenvalue weighted by Crippen LogP contribution is 2.39. The molecule has 0 spiro atoms. The molecule has 3 aromatic rings. The monoisotopic (exact) mass is 488 g/mol. The van der Waals surface area contributed by atoms with E-state index in [0.717, 1.165) is 0 Å². The SMILES string of the molecule is O=C(O)c1[nH]c(Cn2c(-c3cc(C(F)(F)F)cc(C(F)(F)F)c3)coc2=O)cc1C(F)(F)F. The van der Waals surface area contributed by atoms with Gasteiger partial charge in [0.2, 0.25) is 0 Å². The van der Waals surface area contributed by atoms with E-state index in [2.05, 4.69) is 4.42 Å². The lowest BCUT2D eigenvalue weighted by atomic mass is 10.0. The van der Waals surface area contributed by atoms with Crippen molar-refractivity contribution in [2.24, 2.45) is 0 Å². The average Bonchev–Trinajstić information content (AvgIpc) is 3.25. The smallest absolute Gasteiger partial charge is 0.419 e. The zero-order valence-electron chi connectivity index (χ0n) is 15.6. The van der Waals surface area contributed by atoms with Crippen LogP contribution in [0.1, 0.15) is 32.9 Å². The molecule has 0 amide bonds. The van der Waals surface area contributed by atoms with Crippen LogP contribution in [0, 0.1) is 0 Å². The fraction of sp³-hybridized carbons (Fsp3) is 0.222. The normalized spacial score (nSPS) is 12.9. The van der Waals surface area contributed by atoms with Crippen LogP contribution in [0.5, 0.6) is 0 Å². The van der Waals surface area contributed by atoms with Gasteiger partial charge in [-0.15, -0.1) is 0 Å². The Morgan fingerprint density at radius 2 is 1.45 bits per heavy atom. The molecular formula is C18H9F9N2O4. The lowest BCUT2D eigenvalue weighted by molar-refractivity contribution is -0.143. The first-order valence-corrected chi connectivity index (χ1v) is 8.49. The van der Waals surface area contributed by atoms with Crippen molar-refractivity contribution in [2.75, 3.05) is 0 Å². The number of nitrogens with one attached hydrogen (secondary N) is 1. The van der Waals surface area contributed by atoms with Crippen LogP contribution in [-0.2, 0) is 25.1 Å². The van der Waals surface area contributed by atoms with E-state index < -0.39 is 76.1 Å². The van der Waals surface area contributed by atoms with Gasteiger partial charge >= 0.3 is 30.3 Å². The Balaban J connectivity index is 2.15. The number of alkyl halides is 9. The molecule has 0 aliphatic carbocycles. The highest BCUT2D eigenvalue weighted by atomic mass is 19.4. The summed E-state index contributed by atoms with van der Waals surface area (Å²) in [6.07, 6.45) is -15.0. The van der Waals surface area contributed by atoms with E-state index in [1.54, 1.807) is 0 Å². The fourth-order valence-corrected chi connectivity index (χ4v) is 2.97. The van der Waals surface area contributed by atoms with Crippen molar-refractivity contribution < 1.29 is 53.8 Å². The quantitative estimate of drug-likeness (QED) is 0.492. The van der Waals surface area contributed by atoms with Gasteiger partial charge in [0.25, 0.3) is 0 Å². The third kappa shape index (κ3) is 4.90. The van der Waals surface area contributed by atoms with Crippen molar-refractivity contribution in [3.8, 4) is 11.3 Å². The summed E-state index contributed by atoms with van der Waals surface area (Å²) in [5.74, 6) is -3.31. The molecule has 1 aromatic carbocycles. The first-order chi connectivity index (χ1) is 15.0. The predicted molar refractivity (Wildman–Crippen MR) is 90.3 cm³/mol. The minimum Gasteiger partial charge on any atom is -0.477 e. The lowest BCUT2D eigenvalue weighted by Gasteiger charge is -2.14. The summed E-state index contributed by atoms with van der Waals surface area (Å²) in [6.45, 7) is -0.876. The van der Waals surface area contributed by atoms with Crippen molar-refractivity contribution >= 4 is 5.97 Å². The Hall–Kier alpha value is -3.65. The molecule has 15 heteroatoms. The maximum absolute atomic E-state index is 13.1. The Bertz CT molecular complexity index is 1230. The van der Waals surface area contributed by atoms with Gasteiger partial charge in [-0.3, -0.25) is 4.57 Å². The molecule has 0 fully saturated rings. The average molecular weight is 488 g/mol. The Morgan fingerprint density at radius 1 is 0.909 bits per heavy atom. The summed E-state index contributed by atoms with van der Waals surface area (Å²) in [5.41, 5.74) is -8.15. The van der Waals surface area contributed by atoms with Gasteiger partial charge in [-0.25, -0.2) is 9.59 Å². The number of aromatic amines is 1. The second-order valence-electron chi connectivity index (χ2n) is 6.65. The van der Waals surface area contributed by atoms with E-state index in [9.17, 15) is 49.1 Å². The van der Waals surface area contributed by atoms with E-state index in [1.165, 1.54) is 0 Å². The van der Waals surface area contributed by atoms with Gasteiger partial charge in [-0.2, -0.15) is 39.5 Å². The first-order valence-electron chi connectivity index (χ1n) is 8.49. The second kappa shape index (κ2) is 7.74. The number of halogens is 9. The maximum atomic E-state index is 13.1. The summed E-state index contributed by atoms with van der Waals surface area (Å²) in [6, 6.07) is 0.800. The van der Waals surface area contributed by atoms with E-state index in [0.29, 0.717) is 29.0 Å². The molecule has 0 saturated carbocycles. The molecule has 178 valence electrons. The number of carboxylic acids is 1. The zero-order valence-corrected chi connectivity index (χ0v) is 15.6. The summed E-state index contributed by atoms with van der Waals surface area (Å²) in [7, 11) is 0. The van der Waals surface area contributed by atoms with Crippen LogP contribution in [0.4, 0.5) is 39.5 Å². The molecular weight excluding hydrogens is 479 g/mol. The third-order valence-electron chi connectivity index (χ3n) is 4.39. The number of hydrogen-bond acceptors (Lipinski definition) is 3. The van der Waals surface area contributed by atoms with Gasteiger partial charge in [0, 0.05) is 11.3 Å². The van der Waals surface area contributed by atoms with Gasteiger partial charge in [0.05, 0.1) is 28.9 Å². The molecule has 0 saturated heterocycles. The van der Waals surface area contributed by atoms with Gasteiger partial charge in [-0.1, -0.05) is 0 Å². The number of nitrogens with zero attached hydrogens (tertiary/aromatic N) is 1. The Kier molecular flexibility index (Phi) is 5.63.